The van der Waals surface area contributed by atoms with Crippen molar-refractivity contribution in [2.45, 2.75) is 0 Å². The zero-order valence-corrected chi connectivity index (χ0v) is 29.2. The number of anilines is 3. The number of rotatable bonds is 6. The van der Waals surface area contributed by atoms with E-state index in [0.29, 0.717) is 0 Å². The minimum Gasteiger partial charge on any atom is -0.310 e. The van der Waals surface area contributed by atoms with Crippen LogP contribution in [0.25, 0.3) is 76.5 Å². The van der Waals surface area contributed by atoms with Gasteiger partial charge in [-0.25, -0.2) is 0 Å². The van der Waals surface area contributed by atoms with Crippen LogP contribution in [0.4, 0.5) is 17.1 Å². The molecule has 0 aliphatic carbocycles. The van der Waals surface area contributed by atoms with E-state index >= 15 is 0 Å². The molecular weight excluding hydrogens is 639 g/mol. The summed E-state index contributed by atoms with van der Waals surface area (Å²) in [6.07, 6.45) is 0. The van der Waals surface area contributed by atoms with Crippen LogP contribution < -0.4 is 4.90 Å². The molecule has 0 fully saturated rings. The van der Waals surface area contributed by atoms with Crippen molar-refractivity contribution in [1.82, 2.24) is 0 Å². The Labute approximate surface area is 309 Å². The van der Waals surface area contributed by atoms with Crippen molar-refractivity contribution in [2.75, 3.05) is 4.90 Å². The Bertz CT molecular complexity index is 2920. The number of fused-ring (bicyclic) bond motifs is 6. The minimum atomic E-state index is 1.10. The summed E-state index contributed by atoms with van der Waals surface area (Å²) in [7, 11) is 0. The SMILES string of the molecule is c1ccc(-c2ccc(N(c3ccc(-c4ccc5ccccc5c4)cc3)c3ccccc3-c3ccc4ccc5ccc6ccccc6c5c4c3)cc2)cc1. The van der Waals surface area contributed by atoms with Crippen LogP contribution in [-0.4, -0.2) is 0 Å². The van der Waals surface area contributed by atoms with Gasteiger partial charge in [0.2, 0.25) is 0 Å². The molecule has 0 unspecified atom stereocenters. The van der Waals surface area contributed by atoms with Crippen molar-refractivity contribution in [3.63, 3.8) is 0 Å². The van der Waals surface area contributed by atoms with Gasteiger partial charge in [0.25, 0.3) is 0 Å². The van der Waals surface area contributed by atoms with Crippen LogP contribution in [0.15, 0.2) is 212 Å². The molecule has 0 heterocycles. The second kappa shape index (κ2) is 13.0. The highest BCUT2D eigenvalue weighted by atomic mass is 15.1. The van der Waals surface area contributed by atoms with Crippen LogP contribution in [0.3, 0.4) is 0 Å². The number of hydrogen-bond acceptors (Lipinski definition) is 1. The summed E-state index contributed by atoms with van der Waals surface area (Å²) in [5.41, 5.74) is 10.5. The summed E-state index contributed by atoms with van der Waals surface area (Å²) in [6.45, 7) is 0. The molecule has 0 radical (unpaired) electrons. The number of para-hydroxylation sites is 1. The van der Waals surface area contributed by atoms with Crippen LogP contribution in [0.2, 0.25) is 0 Å². The predicted octanol–water partition coefficient (Wildman–Crippen LogP) is 14.8. The largest absolute Gasteiger partial charge is 0.310 e. The molecule has 0 bridgehead atoms. The Hall–Kier alpha value is -6.96. The molecule has 0 aliphatic rings. The fourth-order valence-corrected chi connectivity index (χ4v) is 7.94. The first kappa shape index (κ1) is 30.8. The van der Waals surface area contributed by atoms with Crippen LogP contribution in [0, 0.1) is 0 Å². The molecule has 10 aromatic rings. The first-order chi connectivity index (χ1) is 26.3. The Morgan fingerprint density at radius 3 is 1.51 bits per heavy atom. The molecule has 0 saturated carbocycles. The number of hydrogen-bond donors (Lipinski definition) is 0. The van der Waals surface area contributed by atoms with E-state index in [4.69, 9.17) is 0 Å². The van der Waals surface area contributed by atoms with Crippen LogP contribution in [0.5, 0.6) is 0 Å². The average Bonchev–Trinajstić information content (AvgIpc) is 3.24. The highest BCUT2D eigenvalue weighted by Gasteiger charge is 2.18. The standard InChI is InChI=1S/C52H35N/c1-2-10-36(11-3-1)38-26-30-46(31-27-38)53(47-32-28-39(29-33-47)44-24-18-37-12-4-5-14-43(37)34-44)51-17-9-8-15-48(51)45-25-21-41-20-23-42-22-19-40-13-6-7-16-49(40)52(42)50(41)35-45/h1-35H. The summed E-state index contributed by atoms with van der Waals surface area (Å²) < 4.78 is 0. The third-order valence-corrected chi connectivity index (χ3v) is 10.6. The molecule has 1 nitrogen and oxygen atoms in total. The van der Waals surface area contributed by atoms with Crippen molar-refractivity contribution in [2.24, 2.45) is 0 Å². The van der Waals surface area contributed by atoms with E-state index in [1.54, 1.807) is 0 Å². The third-order valence-electron chi connectivity index (χ3n) is 10.6. The molecular formula is C52H35N. The van der Waals surface area contributed by atoms with Gasteiger partial charge in [0, 0.05) is 16.9 Å². The monoisotopic (exact) mass is 673 g/mol. The molecule has 0 spiro atoms. The average molecular weight is 674 g/mol. The van der Waals surface area contributed by atoms with Crippen molar-refractivity contribution in [1.29, 1.82) is 0 Å². The summed E-state index contributed by atoms with van der Waals surface area (Å²) in [4.78, 5) is 2.40. The van der Waals surface area contributed by atoms with Crippen LogP contribution >= 0.6 is 0 Å². The summed E-state index contributed by atoms with van der Waals surface area (Å²) in [5, 5.41) is 10.1. The maximum Gasteiger partial charge on any atom is 0.0540 e. The van der Waals surface area contributed by atoms with Crippen molar-refractivity contribution in [3.05, 3.63) is 212 Å². The van der Waals surface area contributed by atoms with E-state index < -0.39 is 0 Å². The molecule has 0 aromatic heterocycles. The Balaban J connectivity index is 1.13. The molecule has 0 saturated heterocycles. The zero-order chi connectivity index (χ0) is 35.1. The fraction of sp³-hybridized carbons (Fsp3) is 0. The fourth-order valence-electron chi connectivity index (χ4n) is 7.94. The van der Waals surface area contributed by atoms with E-state index in [-0.39, 0.29) is 0 Å². The van der Waals surface area contributed by atoms with Gasteiger partial charge >= 0.3 is 0 Å². The third kappa shape index (κ3) is 5.60. The maximum absolute atomic E-state index is 2.40. The summed E-state index contributed by atoms with van der Waals surface area (Å²) in [5.74, 6) is 0. The van der Waals surface area contributed by atoms with Gasteiger partial charge in [-0.2, -0.15) is 0 Å². The quantitative estimate of drug-likeness (QED) is 0.159. The topological polar surface area (TPSA) is 3.24 Å². The second-order valence-corrected chi connectivity index (χ2v) is 13.8. The van der Waals surface area contributed by atoms with E-state index in [1.165, 1.54) is 76.5 Å². The molecule has 10 rings (SSSR count). The van der Waals surface area contributed by atoms with Gasteiger partial charge in [-0.15, -0.1) is 0 Å². The Morgan fingerprint density at radius 1 is 0.264 bits per heavy atom. The lowest BCUT2D eigenvalue weighted by Gasteiger charge is -2.28. The van der Waals surface area contributed by atoms with Crippen molar-refractivity contribution >= 4 is 60.2 Å². The summed E-state index contributed by atoms with van der Waals surface area (Å²) >= 11 is 0. The Kier molecular flexibility index (Phi) is 7.55. The normalized spacial score (nSPS) is 11.4. The Morgan fingerprint density at radius 2 is 0.755 bits per heavy atom. The van der Waals surface area contributed by atoms with Gasteiger partial charge in [0.1, 0.15) is 0 Å². The van der Waals surface area contributed by atoms with Crippen molar-refractivity contribution in [3.8, 4) is 33.4 Å². The van der Waals surface area contributed by atoms with Gasteiger partial charge in [-0.05, 0) is 113 Å². The highest BCUT2D eigenvalue weighted by Crippen LogP contribution is 2.43. The molecule has 1 heteroatoms. The maximum atomic E-state index is 2.40. The molecule has 0 aliphatic heterocycles. The van der Waals surface area contributed by atoms with E-state index in [2.05, 4.69) is 217 Å². The first-order valence-corrected chi connectivity index (χ1v) is 18.3. The second-order valence-electron chi connectivity index (χ2n) is 13.8. The van der Waals surface area contributed by atoms with E-state index in [1.807, 2.05) is 0 Å². The highest BCUT2D eigenvalue weighted by molar-refractivity contribution is 6.20. The lowest BCUT2D eigenvalue weighted by atomic mass is 9.93. The van der Waals surface area contributed by atoms with E-state index in [9.17, 15) is 0 Å². The number of benzene rings is 10. The number of nitrogens with zero attached hydrogens (tertiary/aromatic N) is 1. The molecule has 0 atom stereocenters. The molecule has 0 N–H and O–H groups in total. The van der Waals surface area contributed by atoms with Crippen LogP contribution in [0.1, 0.15) is 0 Å². The molecule has 0 amide bonds. The van der Waals surface area contributed by atoms with Gasteiger partial charge in [0.15, 0.2) is 0 Å². The minimum absolute atomic E-state index is 1.10. The lowest BCUT2D eigenvalue weighted by molar-refractivity contribution is 1.28. The van der Waals surface area contributed by atoms with Gasteiger partial charge in [-0.1, -0.05) is 170 Å². The van der Waals surface area contributed by atoms with Gasteiger partial charge in [0.05, 0.1) is 5.69 Å². The van der Waals surface area contributed by atoms with E-state index in [0.717, 1.165) is 17.1 Å². The molecule has 10 aromatic carbocycles. The zero-order valence-electron chi connectivity index (χ0n) is 29.2. The lowest BCUT2D eigenvalue weighted by Crippen LogP contribution is -2.11. The van der Waals surface area contributed by atoms with Crippen molar-refractivity contribution < 1.29 is 0 Å². The molecule has 248 valence electrons. The van der Waals surface area contributed by atoms with Gasteiger partial charge in [-0.3, -0.25) is 0 Å². The summed E-state index contributed by atoms with van der Waals surface area (Å²) in [6, 6.07) is 77.3. The van der Waals surface area contributed by atoms with Gasteiger partial charge < -0.3 is 4.90 Å². The van der Waals surface area contributed by atoms with Crippen LogP contribution in [-0.2, 0) is 0 Å². The smallest absolute Gasteiger partial charge is 0.0540 e. The molecule has 53 heavy (non-hydrogen) atoms. The first-order valence-electron chi connectivity index (χ1n) is 18.3. The predicted molar refractivity (Wildman–Crippen MR) is 227 cm³/mol.